The van der Waals surface area contributed by atoms with Gasteiger partial charge in [0.2, 0.25) is 0 Å². The summed E-state index contributed by atoms with van der Waals surface area (Å²) in [6.07, 6.45) is 14.7. The Labute approximate surface area is 453 Å². The highest BCUT2D eigenvalue weighted by molar-refractivity contribution is 5.60. The summed E-state index contributed by atoms with van der Waals surface area (Å²) in [5.74, 6) is 4.03. The SMILES string of the molecule is CC.CC.CC.CC.CC.CCCCCCc1ccc(-c2ccco2)cc1.Cc1ccc(-c2ccco2)cc1.Fc1ccc(-c2ccco2)cc1.O=[N+]([O-])c1ccc(-c2ccco2)cc1.c1ccc(-c2ccco2)cc1. The predicted molar refractivity (Wildman–Crippen MR) is 317 cm³/mol. The van der Waals surface area contributed by atoms with Gasteiger partial charge in [-0.2, -0.15) is 0 Å². The Kier molecular flexibility index (Phi) is 36.6. The minimum Gasteiger partial charge on any atom is -0.464 e. The van der Waals surface area contributed by atoms with Crippen molar-refractivity contribution in [1.29, 1.82) is 0 Å². The minimum absolute atomic E-state index is 0.0836. The molecule has 0 amide bonds. The average Bonchev–Trinajstić information content (AvgIpc) is 4.37. The lowest BCUT2D eigenvalue weighted by Gasteiger charge is -2.02. The van der Waals surface area contributed by atoms with Gasteiger partial charge in [0, 0.05) is 39.9 Å². The molecule has 0 aliphatic carbocycles. The van der Waals surface area contributed by atoms with Crippen LogP contribution in [0.5, 0.6) is 0 Å². The van der Waals surface area contributed by atoms with Gasteiger partial charge in [-0.05, 0) is 122 Å². The number of benzene rings is 5. The Hall–Kier alpha value is -8.17. The van der Waals surface area contributed by atoms with E-state index in [0.29, 0.717) is 5.76 Å². The van der Waals surface area contributed by atoms with Crippen molar-refractivity contribution in [3.05, 3.63) is 246 Å². The van der Waals surface area contributed by atoms with Crippen molar-refractivity contribution in [2.45, 2.75) is 115 Å². The van der Waals surface area contributed by atoms with E-state index in [0.717, 1.165) is 50.9 Å². The normalized spacial score (nSPS) is 9.22. The van der Waals surface area contributed by atoms with Gasteiger partial charge in [0.1, 0.15) is 34.6 Å². The number of furan rings is 5. The number of hydrogen-bond acceptors (Lipinski definition) is 7. The average molecular weight is 1030 g/mol. The molecule has 0 saturated heterocycles. The molecular formula is C67H82FNO7. The van der Waals surface area contributed by atoms with Gasteiger partial charge in [-0.3, -0.25) is 10.1 Å². The van der Waals surface area contributed by atoms with E-state index >= 15 is 0 Å². The van der Waals surface area contributed by atoms with Crippen LogP contribution in [0.3, 0.4) is 0 Å². The highest BCUT2D eigenvalue weighted by Gasteiger charge is 2.06. The molecule has 404 valence electrons. The van der Waals surface area contributed by atoms with E-state index in [4.69, 9.17) is 22.1 Å². The number of rotatable bonds is 11. The molecule has 0 saturated carbocycles. The maximum atomic E-state index is 12.5. The molecule has 9 heteroatoms. The first-order chi connectivity index (χ1) is 37.4. The van der Waals surface area contributed by atoms with E-state index in [-0.39, 0.29) is 11.5 Å². The van der Waals surface area contributed by atoms with Crippen LogP contribution in [0, 0.1) is 22.9 Å². The minimum atomic E-state index is -0.425. The highest BCUT2D eigenvalue weighted by atomic mass is 19.1. The van der Waals surface area contributed by atoms with E-state index in [9.17, 15) is 14.5 Å². The molecule has 0 spiro atoms. The van der Waals surface area contributed by atoms with Crippen molar-refractivity contribution in [2.75, 3.05) is 0 Å². The number of aryl methyl sites for hydroxylation is 2. The third kappa shape index (κ3) is 25.2. The molecule has 0 unspecified atom stereocenters. The van der Waals surface area contributed by atoms with Crippen molar-refractivity contribution in [2.24, 2.45) is 0 Å². The van der Waals surface area contributed by atoms with Crippen LogP contribution < -0.4 is 0 Å². The molecule has 0 fully saturated rings. The molecule has 0 atom stereocenters. The number of nitrogens with zero attached hydrogens (tertiary/aromatic N) is 1. The molecule has 5 aromatic heterocycles. The maximum absolute atomic E-state index is 12.5. The Morgan fingerprint density at radius 2 is 0.697 bits per heavy atom. The fraction of sp³-hybridized carbons (Fsp3) is 0.254. The summed E-state index contributed by atoms with van der Waals surface area (Å²) in [6.45, 7) is 24.3. The number of non-ortho nitro benzene ring substituents is 1. The summed E-state index contributed by atoms with van der Waals surface area (Å²) in [4.78, 5) is 9.96. The summed E-state index contributed by atoms with van der Waals surface area (Å²) < 4.78 is 38.6. The van der Waals surface area contributed by atoms with Crippen LogP contribution in [0.2, 0.25) is 0 Å². The lowest BCUT2D eigenvalue weighted by molar-refractivity contribution is -0.384. The van der Waals surface area contributed by atoms with E-state index in [1.165, 1.54) is 67.5 Å². The first kappa shape index (κ1) is 65.8. The van der Waals surface area contributed by atoms with Gasteiger partial charge >= 0.3 is 0 Å². The van der Waals surface area contributed by atoms with Crippen LogP contribution in [-0.4, -0.2) is 4.92 Å². The van der Waals surface area contributed by atoms with E-state index in [1.54, 1.807) is 73.8 Å². The molecule has 5 aromatic carbocycles. The van der Waals surface area contributed by atoms with Crippen LogP contribution in [0.4, 0.5) is 10.1 Å². The molecule has 0 aliphatic rings. The zero-order valence-electron chi connectivity index (χ0n) is 47.0. The smallest absolute Gasteiger partial charge is 0.269 e. The summed E-state index contributed by atoms with van der Waals surface area (Å²) in [6, 6.07) is 58.3. The van der Waals surface area contributed by atoms with Gasteiger partial charge in [0.15, 0.2) is 0 Å². The van der Waals surface area contributed by atoms with Gasteiger partial charge in [0.25, 0.3) is 5.69 Å². The summed E-state index contributed by atoms with van der Waals surface area (Å²) in [5, 5.41) is 10.4. The van der Waals surface area contributed by atoms with Gasteiger partial charge in [-0.15, -0.1) is 0 Å². The molecule has 0 aliphatic heterocycles. The molecule has 5 heterocycles. The second kappa shape index (κ2) is 42.2. The second-order valence-corrected chi connectivity index (χ2v) is 14.9. The van der Waals surface area contributed by atoms with E-state index in [1.807, 2.05) is 142 Å². The van der Waals surface area contributed by atoms with Crippen molar-refractivity contribution in [3.63, 3.8) is 0 Å². The largest absolute Gasteiger partial charge is 0.464 e. The van der Waals surface area contributed by atoms with Crippen molar-refractivity contribution >= 4 is 5.69 Å². The van der Waals surface area contributed by atoms with Crippen LogP contribution in [0.1, 0.15) is 113 Å². The van der Waals surface area contributed by atoms with E-state index < -0.39 is 4.92 Å². The standard InChI is InChI=1S/C16H20O.C11H10O.C10H7FO.C10H7NO3.C10H8O.5C2H6/c1-2-3-4-5-7-14-9-11-15(12-10-14)16-8-6-13-17-16;1-9-4-6-10(7-5-9)11-3-2-8-12-11;11-9-5-3-8(4-6-9)10-2-1-7-12-10;12-11(13)9-5-3-8(4-6-9)10-2-1-7-14-10;1-2-5-9(6-3-1)10-7-4-8-11-10;5*1-2/h6,8-13H,2-5,7H2,1H3;2-8H,1H3;1-7H;1-7H;1-8H;5*1-2H3. The molecular weight excluding hydrogens is 950 g/mol. The number of unbranched alkanes of at least 4 members (excludes halogenated alkanes) is 3. The third-order valence-corrected chi connectivity index (χ3v) is 10.0. The highest BCUT2D eigenvalue weighted by Crippen LogP contribution is 2.24. The summed E-state index contributed by atoms with van der Waals surface area (Å²) >= 11 is 0. The zero-order chi connectivity index (χ0) is 56.2. The molecule has 76 heavy (non-hydrogen) atoms. The maximum Gasteiger partial charge on any atom is 0.269 e. The van der Waals surface area contributed by atoms with Crippen molar-refractivity contribution in [3.8, 4) is 56.6 Å². The molecule has 8 nitrogen and oxygen atoms in total. The Bertz CT molecular complexity index is 2690. The Morgan fingerprint density at radius 3 is 1.01 bits per heavy atom. The van der Waals surface area contributed by atoms with Crippen LogP contribution >= 0.6 is 0 Å². The predicted octanol–water partition coefficient (Wildman–Crippen LogP) is 22.3. The van der Waals surface area contributed by atoms with Gasteiger partial charge < -0.3 is 22.1 Å². The van der Waals surface area contributed by atoms with Crippen LogP contribution in [0.25, 0.3) is 56.6 Å². The molecule has 0 radical (unpaired) electrons. The number of nitro benzene ring substituents is 1. The first-order valence-corrected chi connectivity index (χ1v) is 26.8. The third-order valence-electron chi connectivity index (χ3n) is 10.0. The second-order valence-electron chi connectivity index (χ2n) is 14.9. The molecule has 0 bridgehead atoms. The lowest BCUT2D eigenvalue weighted by atomic mass is 10.0. The fourth-order valence-corrected chi connectivity index (χ4v) is 6.49. The van der Waals surface area contributed by atoms with Gasteiger partial charge in [0.05, 0.1) is 36.2 Å². The quantitative estimate of drug-likeness (QED) is 0.0721. The van der Waals surface area contributed by atoms with Gasteiger partial charge in [-0.25, -0.2) is 4.39 Å². The zero-order valence-corrected chi connectivity index (χ0v) is 47.0. The fourth-order valence-electron chi connectivity index (χ4n) is 6.49. The first-order valence-electron chi connectivity index (χ1n) is 26.8. The topological polar surface area (TPSA) is 109 Å². The lowest BCUT2D eigenvalue weighted by Crippen LogP contribution is -1.86. The van der Waals surface area contributed by atoms with Crippen LogP contribution in [0.15, 0.2) is 241 Å². The molecule has 10 aromatic rings. The van der Waals surface area contributed by atoms with E-state index in [2.05, 4.69) is 62.4 Å². The summed E-state index contributed by atoms with van der Waals surface area (Å²) in [5.41, 5.74) is 7.92. The summed E-state index contributed by atoms with van der Waals surface area (Å²) in [7, 11) is 0. The number of halogens is 1. The van der Waals surface area contributed by atoms with Gasteiger partial charge in [-0.1, -0.05) is 180 Å². The van der Waals surface area contributed by atoms with Crippen molar-refractivity contribution in [1.82, 2.24) is 0 Å². The van der Waals surface area contributed by atoms with Crippen LogP contribution in [-0.2, 0) is 6.42 Å². The molecule has 10 rings (SSSR count). The monoisotopic (exact) mass is 1030 g/mol. The molecule has 0 N–H and O–H groups in total. The Balaban J connectivity index is 0.000000458. The number of nitro groups is 1. The Morgan fingerprint density at radius 1 is 0.382 bits per heavy atom. The van der Waals surface area contributed by atoms with Crippen molar-refractivity contribution < 1.29 is 31.4 Å². The number of hydrogen-bond donors (Lipinski definition) is 0.